The molecule has 0 saturated heterocycles. The molecule has 0 atom stereocenters. The van der Waals surface area contributed by atoms with E-state index in [9.17, 15) is 8.42 Å². The van der Waals surface area contributed by atoms with Gasteiger partial charge in [-0.25, -0.2) is 8.42 Å². The smallest absolute Gasteiger partial charge is 0.263 e. The van der Waals surface area contributed by atoms with Crippen LogP contribution in [0.5, 0.6) is 11.5 Å². The van der Waals surface area contributed by atoms with E-state index in [1.54, 1.807) is 24.3 Å². The molecule has 0 bridgehead atoms. The number of ether oxygens (including phenoxy) is 2. The predicted molar refractivity (Wildman–Crippen MR) is 81.8 cm³/mol. The minimum atomic E-state index is -3.77. The summed E-state index contributed by atoms with van der Waals surface area (Å²) < 4.78 is 37.1. The van der Waals surface area contributed by atoms with Crippen molar-refractivity contribution in [3.05, 3.63) is 47.5 Å². The van der Waals surface area contributed by atoms with E-state index in [1.165, 1.54) is 32.4 Å². The monoisotopic (exact) mass is 327 g/mol. The molecule has 0 spiro atoms. The van der Waals surface area contributed by atoms with Crippen LogP contribution in [0.1, 0.15) is 0 Å². The van der Waals surface area contributed by atoms with Gasteiger partial charge in [0.15, 0.2) is 0 Å². The molecule has 7 heteroatoms. The van der Waals surface area contributed by atoms with E-state index < -0.39 is 10.0 Å². The van der Waals surface area contributed by atoms with Gasteiger partial charge in [-0.2, -0.15) is 0 Å². The average Bonchev–Trinajstić information content (AvgIpc) is 2.47. The molecule has 1 N–H and O–H groups in total. The molecule has 0 saturated carbocycles. The number of nitrogens with one attached hydrogen (secondary N) is 1. The minimum Gasteiger partial charge on any atom is -0.497 e. The highest BCUT2D eigenvalue weighted by Gasteiger charge is 2.18. The standard InChI is InChI=1S/C14H14ClNO4S/c1-19-11-5-3-10(4-6-11)16-21(17,18)14-8-7-12(20-2)9-13(14)15/h3-9,16H,1-2H3. The normalized spacial score (nSPS) is 11.0. The summed E-state index contributed by atoms with van der Waals surface area (Å²) in [4.78, 5) is -0.0132. The van der Waals surface area contributed by atoms with Gasteiger partial charge in [0.2, 0.25) is 0 Å². The lowest BCUT2D eigenvalue weighted by molar-refractivity contribution is 0.414. The van der Waals surface area contributed by atoms with Crippen LogP contribution in [0.3, 0.4) is 0 Å². The largest absolute Gasteiger partial charge is 0.497 e. The highest BCUT2D eigenvalue weighted by molar-refractivity contribution is 7.92. The summed E-state index contributed by atoms with van der Waals surface area (Å²) >= 11 is 5.99. The van der Waals surface area contributed by atoms with Crippen molar-refractivity contribution in [2.24, 2.45) is 0 Å². The predicted octanol–water partition coefficient (Wildman–Crippen LogP) is 3.16. The van der Waals surface area contributed by atoms with Crippen LogP contribution in [0.2, 0.25) is 5.02 Å². The number of methoxy groups -OCH3 is 2. The number of hydrogen-bond acceptors (Lipinski definition) is 4. The van der Waals surface area contributed by atoms with Crippen molar-refractivity contribution in [1.29, 1.82) is 0 Å². The van der Waals surface area contributed by atoms with Crippen molar-refractivity contribution in [3.8, 4) is 11.5 Å². The second-order valence-electron chi connectivity index (χ2n) is 4.13. The number of hydrogen-bond donors (Lipinski definition) is 1. The Bertz CT molecular complexity index is 729. The maximum Gasteiger partial charge on any atom is 0.263 e. The van der Waals surface area contributed by atoms with Gasteiger partial charge in [-0.3, -0.25) is 4.72 Å². The van der Waals surface area contributed by atoms with Gasteiger partial charge >= 0.3 is 0 Å². The molecule has 0 amide bonds. The summed E-state index contributed by atoms with van der Waals surface area (Å²) in [6, 6.07) is 10.9. The van der Waals surface area contributed by atoms with Crippen LogP contribution in [0.15, 0.2) is 47.4 Å². The van der Waals surface area contributed by atoms with Gasteiger partial charge in [-0.05, 0) is 36.4 Å². The van der Waals surface area contributed by atoms with Crippen molar-refractivity contribution in [1.82, 2.24) is 0 Å². The van der Waals surface area contributed by atoms with Gasteiger partial charge in [-0.1, -0.05) is 11.6 Å². The number of rotatable bonds is 5. The Morgan fingerprint density at radius 2 is 1.52 bits per heavy atom. The van der Waals surface area contributed by atoms with E-state index in [1.807, 2.05) is 0 Å². The quantitative estimate of drug-likeness (QED) is 0.916. The van der Waals surface area contributed by atoms with E-state index in [-0.39, 0.29) is 9.92 Å². The topological polar surface area (TPSA) is 64.6 Å². The fourth-order valence-electron chi connectivity index (χ4n) is 1.70. The molecule has 2 aromatic carbocycles. The van der Waals surface area contributed by atoms with Crippen molar-refractivity contribution >= 4 is 27.3 Å². The SMILES string of the molecule is COc1ccc(NS(=O)(=O)c2ccc(OC)cc2Cl)cc1. The number of anilines is 1. The summed E-state index contributed by atoms with van der Waals surface area (Å²) in [7, 11) is -0.747. The molecule has 0 aliphatic carbocycles. The Balaban J connectivity index is 2.29. The Hall–Kier alpha value is -1.92. The summed E-state index contributed by atoms with van der Waals surface area (Å²) in [6.45, 7) is 0. The summed E-state index contributed by atoms with van der Waals surface area (Å²) in [5.41, 5.74) is 0.419. The first kappa shape index (κ1) is 15.5. The van der Waals surface area contributed by atoms with Crippen molar-refractivity contribution in [2.45, 2.75) is 4.90 Å². The lowest BCUT2D eigenvalue weighted by Gasteiger charge is -2.11. The molecule has 0 aromatic heterocycles. The molecule has 0 aliphatic heterocycles. The fraction of sp³-hybridized carbons (Fsp3) is 0.143. The van der Waals surface area contributed by atoms with Crippen LogP contribution >= 0.6 is 11.6 Å². The van der Waals surface area contributed by atoms with Gasteiger partial charge in [0.1, 0.15) is 16.4 Å². The van der Waals surface area contributed by atoms with Crippen LogP contribution in [0.25, 0.3) is 0 Å². The van der Waals surface area contributed by atoms with Gasteiger partial charge in [-0.15, -0.1) is 0 Å². The lowest BCUT2D eigenvalue weighted by Crippen LogP contribution is -2.13. The number of halogens is 1. The zero-order valence-electron chi connectivity index (χ0n) is 11.5. The third-order valence-electron chi connectivity index (χ3n) is 2.77. The Labute approximate surface area is 128 Å². The van der Waals surface area contributed by atoms with Gasteiger partial charge in [0.05, 0.1) is 19.2 Å². The Morgan fingerprint density at radius 1 is 0.952 bits per heavy atom. The van der Waals surface area contributed by atoms with E-state index >= 15 is 0 Å². The molecule has 2 aromatic rings. The van der Waals surface area contributed by atoms with Crippen molar-refractivity contribution in [3.63, 3.8) is 0 Å². The second-order valence-corrected chi connectivity index (χ2v) is 6.19. The molecular weight excluding hydrogens is 314 g/mol. The van der Waals surface area contributed by atoms with Crippen LogP contribution in [0, 0.1) is 0 Å². The molecule has 0 radical (unpaired) electrons. The third-order valence-corrected chi connectivity index (χ3v) is 4.64. The summed E-state index contributed by atoms with van der Waals surface area (Å²) in [6.07, 6.45) is 0. The lowest BCUT2D eigenvalue weighted by atomic mass is 10.3. The van der Waals surface area contributed by atoms with E-state index in [4.69, 9.17) is 21.1 Å². The maximum atomic E-state index is 12.3. The van der Waals surface area contributed by atoms with Crippen molar-refractivity contribution < 1.29 is 17.9 Å². The Kier molecular flexibility index (Phi) is 4.59. The van der Waals surface area contributed by atoms with Crippen LogP contribution in [0.4, 0.5) is 5.69 Å². The van der Waals surface area contributed by atoms with Crippen LogP contribution in [-0.2, 0) is 10.0 Å². The summed E-state index contributed by atoms with van der Waals surface area (Å²) in [5.74, 6) is 1.13. The van der Waals surface area contributed by atoms with Gasteiger partial charge < -0.3 is 9.47 Å². The zero-order chi connectivity index (χ0) is 15.5. The first-order valence-corrected chi connectivity index (χ1v) is 7.83. The van der Waals surface area contributed by atoms with Crippen molar-refractivity contribution in [2.75, 3.05) is 18.9 Å². The van der Waals surface area contributed by atoms with E-state index in [0.717, 1.165) is 0 Å². The fourth-order valence-corrected chi connectivity index (χ4v) is 3.29. The second kappa shape index (κ2) is 6.24. The molecule has 0 heterocycles. The van der Waals surface area contributed by atoms with Gasteiger partial charge in [0, 0.05) is 11.8 Å². The number of benzene rings is 2. The zero-order valence-corrected chi connectivity index (χ0v) is 13.0. The molecule has 0 aliphatic rings. The highest BCUT2D eigenvalue weighted by Crippen LogP contribution is 2.28. The van der Waals surface area contributed by atoms with E-state index in [0.29, 0.717) is 17.2 Å². The van der Waals surface area contributed by atoms with E-state index in [2.05, 4.69) is 4.72 Å². The molecule has 5 nitrogen and oxygen atoms in total. The highest BCUT2D eigenvalue weighted by atomic mass is 35.5. The molecule has 2 rings (SSSR count). The minimum absolute atomic E-state index is 0.0132. The average molecular weight is 328 g/mol. The molecule has 21 heavy (non-hydrogen) atoms. The number of sulfonamides is 1. The molecule has 112 valence electrons. The summed E-state index contributed by atoms with van der Waals surface area (Å²) in [5, 5.41) is 0.0929. The molecule has 0 fully saturated rings. The molecule has 0 unspecified atom stereocenters. The molecular formula is C14H14ClNO4S. The Morgan fingerprint density at radius 3 is 2.05 bits per heavy atom. The van der Waals surface area contributed by atoms with Crippen LogP contribution < -0.4 is 14.2 Å². The first-order chi connectivity index (χ1) is 9.96. The van der Waals surface area contributed by atoms with Gasteiger partial charge in [0.25, 0.3) is 10.0 Å². The maximum absolute atomic E-state index is 12.3. The van der Waals surface area contributed by atoms with Crippen LogP contribution in [-0.4, -0.2) is 22.6 Å². The third kappa shape index (κ3) is 3.59. The first-order valence-electron chi connectivity index (χ1n) is 5.96.